The summed E-state index contributed by atoms with van der Waals surface area (Å²) in [4.78, 5) is 72.5. The molecule has 0 aromatic heterocycles. The summed E-state index contributed by atoms with van der Waals surface area (Å²) >= 11 is 1.74. The summed E-state index contributed by atoms with van der Waals surface area (Å²) in [5.41, 5.74) is -1.71. The summed E-state index contributed by atoms with van der Waals surface area (Å²) in [6, 6.07) is 0. The van der Waals surface area contributed by atoms with Gasteiger partial charge in [0, 0.05) is 75.4 Å². The molecular weight excluding hydrogens is 673 g/mol. The Morgan fingerprint density at radius 3 is 1.98 bits per heavy atom. The Morgan fingerprint density at radius 2 is 1.39 bits per heavy atom. The molecule has 0 aromatic carbocycles. The summed E-state index contributed by atoms with van der Waals surface area (Å²) in [6.07, 6.45) is 6.99. The molecule has 51 heavy (non-hydrogen) atoms. The normalized spacial score (nSPS) is 12.8. The van der Waals surface area contributed by atoms with Gasteiger partial charge in [-0.25, -0.2) is 0 Å². The Morgan fingerprint density at radius 1 is 0.784 bits per heavy atom. The quantitative estimate of drug-likeness (QED) is 0.0826. The zero-order valence-corrected chi connectivity index (χ0v) is 34.4. The second kappa shape index (κ2) is 27.8. The Balaban J connectivity index is 0. The van der Waals surface area contributed by atoms with E-state index in [4.69, 9.17) is 9.47 Å². The molecule has 0 radical (unpaired) electrons. The molecule has 296 valence electrons. The number of nitrogens with zero attached hydrogens (tertiary/aromatic N) is 1. The standard InChI is InChI=1S/C33H56N4O8S.C3H8.C2H6/c1-25(38)14-23-46-22-9-20-44-24-32(4,5)36-27(40)10-8-17-35-30(43)31(2,3)16-21-45-33(6,7)15-18-34-26(39)13-19-37-28(41)11-12-29(37)42;1-3-2;1-2/h11-12H,8-10,13-24H2,1-7H3,(H,34,39)(H,35,43)(H,36,40);3H2,1-2H3;1-2H3. The molecule has 0 saturated carbocycles. The van der Waals surface area contributed by atoms with Crippen LogP contribution < -0.4 is 16.0 Å². The van der Waals surface area contributed by atoms with Crippen molar-refractivity contribution >= 4 is 47.1 Å². The number of hydrogen-bond donors (Lipinski definition) is 3. The maximum absolute atomic E-state index is 12.8. The van der Waals surface area contributed by atoms with Crippen LogP contribution in [0.15, 0.2) is 12.2 Å². The number of Topliss-reactive ketones (excluding diaryl/α,β-unsaturated/α-hetero) is 1. The number of nitrogens with one attached hydrogen (secondary N) is 3. The van der Waals surface area contributed by atoms with E-state index in [1.165, 1.54) is 18.6 Å². The van der Waals surface area contributed by atoms with Crippen molar-refractivity contribution in [2.24, 2.45) is 5.41 Å². The molecule has 0 spiro atoms. The Hall–Kier alpha value is -2.77. The second-order valence-corrected chi connectivity index (χ2v) is 15.4. The fraction of sp³-hybridized carbons (Fsp3) is 0.789. The summed E-state index contributed by atoms with van der Waals surface area (Å²) < 4.78 is 11.8. The third-order valence-corrected chi connectivity index (χ3v) is 8.40. The first-order chi connectivity index (χ1) is 23.9. The highest BCUT2D eigenvalue weighted by Crippen LogP contribution is 2.23. The van der Waals surface area contributed by atoms with Crippen molar-refractivity contribution in [1.82, 2.24) is 20.9 Å². The molecule has 5 amide bonds. The van der Waals surface area contributed by atoms with Gasteiger partial charge in [-0.3, -0.25) is 33.7 Å². The lowest BCUT2D eigenvalue weighted by Gasteiger charge is -2.29. The minimum atomic E-state index is -0.670. The summed E-state index contributed by atoms with van der Waals surface area (Å²) in [6.45, 7) is 23.4. The van der Waals surface area contributed by atoms with Crippen molar-refractivity contribution in [1.29, 1.82) is 0 Å². The van der Waals surface area contributed by atoms with Crippen LogP contribution in [0, 0.1) is 5.41 Å². The van der Waals surface area contributed by atoms with E-state index in [0.717, 1.165) is 22.8 Å². The highest BCUT2D eigenvalue weighted by atomic mass is 32.2. The van der Waals surface area contributed by atoms with Gasteiger partial charge in [0.1, 0.15) is 5.78 Å². The molecule has 1 rings (SSSR count). The average Bonchev–Trinajstić information content (AvgIpc) is 3.36. The minimum Gasteiger partial charge on any atom is -0.379 e. The summed E-state index contributed by atoms with van der Waals surface area (Å²) in [7, 11) is 0. The monoisotopic (exact) mass is 742 g/mol. The van der Waals surface area contributed by atoms with Crippen LogP contribution in [0.5, 0.6) is 0 Å². The average molecular weight is 743 g/mol. The number of thioether (sulfide) groups is 1. The molecule has 1 aliphatic rings. The molecule has 0 aromatic rings. The molecule has 13 heteroatoms. The van der Waals surface area contributed by atoms with Crippen molar-refractivity contribution in [2.75, 3.05) is 51.0 Å². The van der Waals surface area contributed by atoms with Crippen molar-refractivity contribution in [2.45, 2.75) is 139 Å². The van der Waals surface area contributed by atoms with Crippen molar-refractivity contribution < 1.29 is 38.2 Å². The Kier molecular flexibility index (Phi) is 27.5. The van der Waals surface area contributed by atoms with E-state index in [-0.39, 0.29) is 42.9 Å². The fourth-order valence-electron chi connectivity index (χ4n) is 4.30. The lowest BCUT2D eigenvalue weighted by molar-refractivity contribution is -0.137. The van der Waals surface area contributed by atoms with E-state index in [1.54, 1.807) is 18.7 Å². The zero-order valence-electron chi connectivity index (χ0n) is 33.6. The van der Waals surface area contributed by atoms with Gasteiger partial charge < -0.3 is 25.4 Å². The maximum Gasteiger partial charge on any atom is 0.253 e. The summed E-state index contributed by atoms with van der Waals surface area (Å²) in [5, 5.41) is 8.71. The van der Waals surface area contributed by atoms with E-state index >= 15 is 0 Å². The molecule has 12 nitrogen and oxygen atoms in total. The number of carbonyl (C=O) groups is 6. The van der Waals surface area contributed by atoms with Gasteiger partial charge in [0.15, 0.2) is 0 Å². The molecule has 0 unspecified atom stereocenters. The van der Waals surface area contributed by atoms with Gasteiger partial charge in [-0.1, -0.05) is 48.0 Å². The summed E-state index contributed by atoms with van der Waals surface area (Å²) in [5.74, 6) is 0.703. The molecule has 0 saturated heterocycles. The number of amides is 5. The Bertz CT molecular complexity index is 1070. The highest BCUT2D eigenvalue weighted by molar-refractivity contribution is 7.99. The molecule has 1 heterocycles. The predicted molar refractivity (Wildman–Crippen MR) is 206 cm³/mol. The van der Waals surface area contributed by atoms with Crippen molar-refractivity contribution in [3.8, 4) is 0 Å². The molecular formula is C38H70N4O8S. The number of rotatable bonds is 25. The maximum atomic E-state index is 12.8. The number of ether oxygens (including phenoxy) is 2. The molecule has 0 aliphatic carbocycles. The van der Waals surface area contributed by atoms with Crippen molar-refractivity contribution in [3.05, 3.63) is 12.2 Å². The van der Waals surface area contributed by atoms with Gasteiger partial charge in [0.2, 0.25) is 17.7 Å². The van der Waals surface area contributed by atoms with Gasteiger partial charge in [-0.2, -0.15) is 11.8 Å². The fourth-order valence-corrected chi connectivity index (χ4v) is 5.26. The number of hydrogen-bond acceptors (Lipinski definition) is 9. The largest absolute Gasteiger partial charge is 0.379 e. The van der Waals surface area contributed by atoms with E-state index in [9.17, 15) is 28.8 Å². The number of carbonyl (C=O) groups excluding carboxylic acids is 6. The lowest BCUT2D eigenvalue weighted by atomic mass is 9.88. The first-order valence-corrected chi connectivity index (χ1v) is 19.7. The van der Waals surface area contributed by atoms with Crippen LogP contribution in [0.25, 0.3) is 0 Å². The second-order valence-electron chi connectivity index (χ2n) is 14.2. The molecule has 1 aliphatic heterocycles. The van der Waals surface area contributed by atoms with Crippen LogP contribution in [0.1, 0.15) is 128 Å². The topological polar surface area (TPSA) is 160 Å². The van der Waals surface area contributed by atoms with Gasteiger partial charge in [-0.05, 0) is 66.1 Å². The smallest absolute Gasteiger partial charge is 0.253 e. The SMILES string of the molecule is CC.CC(=O)CCSCCCOCC(C)(C)NC(=O)CCCNC(=O)C(C)(C)CCOC(C)(C)CCNC(=O)CCN1C(=O)C=CC1=O.CCC. The van der Waals surface area contributed by atoms with Crippen LogP contribution in [-0.4, -0.2) is 102 Å². The first-order valence-electron chi connectivity index (χ1n) is 18.5. The van der Waals surface area contributed by atoms with Crippen LogP contribution in [0.3, 0.4) is 0 Å². The number of imide groups is 1. The van der Waals surface area contributed by atoms with Gasteiger partial charge in [0.05, 0.1) is 17.7 Å². The molecule has 0 fully saturated rings. The minimum absolute atomic E-state index is 0.0346. The Labute approximate surface area is 312 Å². The predicted octanol–water partition coefficient (Wildman–Crippen LogP) is 5.37. The molecule has 0 bridgehead atoms. The first kappa shape index (κ1) is 50.3. The van der Waals surface area contributed by atoms with Crippen LogP contribution in [0.4, 0.5) is 0 Å². The lowest BCUT2D eigenvalue weighted by Crippen LogP contribution is -2.47. The van der Waals surface area contributed by atoms with E-state index < -0.39 is 28.4 Å². The molecule has 3 N–H and O–H groups in total. The van der Waals surface area contributed by atoms with E-state index in [0.29, 0.717) is 58.6 Å². The third-order valence-electron chi connectivity index (χ3n) is 7.33. The van der Waals surface area contributed by atoms with E-state index in [2.05, 4.69) is 29.8 Å². The zero-order chi connectivity index (χ0) is 39.5. The third kappa shape index (κ3) is 26.6. The van der Waals surface area contributed by atoms with Gasteiger partial charge >= 0.3 is 0 Å². The van der Waals surface area contributed by atoms with Crippen molar-refractivity contribution in [3.63, 3.8) is 0 Å². The number of ketones is 1. The van der Waals surface area contributed by atoms with Gasteiger partial charge in [0.25, 0.3) is 11.8 Å². The van der Waals surface area contributed by atoms with Crippen LogP contribution in [0.2, 0.25) is 0 Å². The van der Waals surface area contributed by atoms with Crippen LogP contribution >= 0.6 is 11.8 Å². The van der Waals surface area contributed by atoms with Gasteiger partial charge in [-0.15, -0.1) is 0 Å². The molecule has 0 atom stereocenters. The highest BCUT2D eigenvalue weighted by Gasteiger charge is 2.29. The van der Waals surface area contributed by atoms with Crippen LogP contribution in [-0.2, 0) is 38.2 Å². The van der Waals surface area contributed by atoms with E-state index in [1.807, 2.05) is 55.4 Å².